The van der Waals surface area contributed by atoms with Gasteiger partial charge in [0.15, 0.2) is 0 Å². The summed E-state index contributed by atoms with van der Waals surface area (Å²) < 4.78 is 30.9. The molecule has 2 aliphatic rings. The molecular formula is C19H30ClN3O4S. The number of halogens is 1. The van der Waals surface area contributed by atoms with Gasteiger partial charge in [-0.1, -0.05) is 0 Å². The lowest BCUT2D eigenvalue weighted by Crippen LogP contribution is -2.47. The Morgan fingerprint density at radius 1 is 1.36 bits per heavy atom. The average Bonchev–Trinajstić information content (AvgIpc) is 2.96. The number of nitrogens with one attached hydrogen (secondary N) is 2. The summed E-state index contributed by atoms with van der Waals surface area (Å²) >= 11 is 0. The first kappa shape index (κ1) is 22.9. The Balaban J connectivity index is 0.00000280. The van der Waals surface area contributed by atoms with E-state index in [1.165, 1.54) is 10.6 Å². The lowest BCUT2D eigenvalue weighted by molar-refractivity contribution is 0.0511. The predicted octanol–water partition coefficient (Wildman–Crippen LogP) is 1.56. The van der Waals surface area contributed by atoms with Crippen LogP contribution in [0.15, 0.2) is 18.2 Å². The Hall–Kier alpha value is -1.35. The molecule has 2 aliphatic heterocycles. The van der Waals surface area contributed by atoms with Crippen LogP contribution in [0.5, 0.6) is 0 Å². The second-order valence-corrected chi connectivity index (χ2v) is 9.68. The molecule has 1 unspecified atom stereocenters. The Morgan fingerprint density at radius 3 is 2.64 bits per heavy atom. The maximum Gasteiger partial charge on any atom is 0.251 e. The molecule has 1 saturated heterocycles. The van der Waals surface area contributed by atoms with Crippen LogP contribution in [0.25, 0.3) is 0 Å². The zero-order chi connectivity index (χ0) is 19.7. The number of methoxy groups -OCH3 is 1. The Labute approximate surface area is 173 Å². The second-order valence-electron chi connectivity index (χ2n) is 7.82. The van der Waals surface area contributed by atoms with Gasteiger partial charge in [0, 0.05) is 30.7 Å². The molecule has 1 atom stereocenters. The minimum absolute atomic E-state index is 0. The van der Waals surface area contributed by atoms with Crippen LogP contribution in [0, 0.1) is 5.41 Å². The molecule has 0 saturated carbocycles. The number of sulfonamides is 1. The van der Waals surface area contributed by atoms with Crippen LogP contribution in [0.3, 0.4) is 0 Å². The highest BCUT2D eigenvalue weighted by molar-refractivity contribution is 7.92. The summed E-state index contributed by atoms with van der Waals surface area (Å²) in [5.41, 5.74) is 2.11. The maximum atomic E-state index is 12.7. The van der Waals surface area contributed by atoms with Crippen molar-refractivity contribution >= 4 is 34.0 Å². The zero-order valence-electron chi connectivity index (χ0n) is 16.7. The largest absolute Gasteiger partial charge is 0.384 e. The number of piperidine rings is 1. The van der Waals surface area contributed by atoms with Gasteiger partial charge in [-0.05, 0) is 63.0 Å². The third kappa shape index (κ3) is 4.79. The lowest BCUT2D eigenvalue weighted by atomic mass is 9.79. The van der Waals surface area contributed by atoms with Gasteiger partial charge in [-0.25, -0.2) is 8.42 Å². The van der Waals surface area contributed by atoms with Gasteiger partial charge in [0.2, 0.25) is 10.0 Å². The third-order valence-corrected chi connectivity index (χ3v) is 6.86. The Morgan fingerprint density at radius 2 is 2.04 bits per heavy atom. The van der Waals surface area contributed by atoms with E-state index < -0.39 is 10.0 Å². The molecule has 1 amide bonds. The number of hydrogen-bond acceptors (Lipinski definition) is 5. The van der Waals surface area contributed by atoms with Gasteiger partial charge in [0.25, 0.3) is 5.91 Å². The summed E-state index contributed by atoms with van der Waals surface area (Å²) in [6, 6.07) is 5.13. The van der Waals surface area contributed by atoms with E-state index in [1.807, 2.05) is 13.0 Å². The van der Waals surface area contributed by atoms with E-state index in [1.54, 1.807) is 19.2 Å². The first-order valence-corrected chi connectivity index (χ1v) is 11.2. The van der Waals surface area contributed by atoms with E-state index >= 15 is 0 Å². The van der Waals surface area contributed by atoms with Crippen molar-refractivity contribution in [2.75, 3.05) is 43.9 Å². The SMILES string of the molecule is COCC1(CNC(=O)c2ccc3c(c2)CC(C)N3S(C)(=O)=O)CCNCC1.Cl. The molecule has 0 spiro atoms. The smallest absolute Gasteiger partial charge is 0.251 e. The van der Waals surface area contributed by atoms with Gasteiger partial charge in [-0.2, -0.15) is 0 Å². The lowest BCUT2D eigenvalue weighted by Gasteiger charge is -2.37. The van der Waals surface area contributed by atoms with E-state index in [2.05, 4.69) is 10.6 Å². The highest BCUT2D eigenvalue weighted by Gasteiger charge is 2.34. The summed E-state index contributed by atoms with van der Waals surface area (Å²) in [6.07, 6.45) is 3.76. The molecule has 0 bridgehead atoms. The number of carbonyl (C=O) groups is 1. The van der Waals surface area contributed by atoms with Crippen molar-refractivity contribution < 1.29 is 17.9 Å². The molecule has 158 valence electrons. The Kier molecular flexibility index (Phi) is 7.36. The fourth-order valence-corrected chi connectivity index (χ4v) is 5.52. The van der Waals surface area contributed by atoms with Crippen LogP contribution in [-0.4, -0.2) is 60.0 Å². The van der Waals surface area contributed by atoms with Crippen LogP contribution in [0.4, 0.5) is 5.69 Å². The van der Waals surface area contributed by atoms with Crippen LogP contribution in [0.1, 0.15) is 35.7 Å². The Bertz CT molecular complexity index is 804. The third-order valence-electron chi connectivity index (χ3n) is 5.59. The van der Waals surface area contributed by atoms with Gasteiger partial charge in [-0.3, -0.25) is 9.10 Å². The molecule has 0 aromatic heterocycles. The normalized spacial score (nSPS) is 21.0. The van der Waals surface area contributed by atoms with Crippen LogP contribution < -0.4 is 14.9 Å². The maximum absolute atomic E-state index is 12.7. The van der Waals surface area contributed by atoms with Gasteiger partial charge in [0.1, 0.15) is 0 Å². The van der Waals surface area contributed by atoms with Gasteiger partial charge in [-0.15, -0.1) is 12.4 Å². The molecular weight excluding hydrogens is 402 g/mol. The molecule has 1 aromatic carbocycles. The van der Waals surface area contributed by atoms with Crippen LogP contribution in [0.2, 0.25) is 0 Å². The molecule has 7 nitrogen and oxygen atoms in total. The predicted molar refractivity (Wildman–Crippen MR) is 113 cm³/mol. The van der Waals surface area contributed by atoms with Gasteiger partial charge >= 0.3 is 0 Å². The van der Waals surface area contributed by atoms with E-state index in [4.69, 9.17) is 4.74 Å². The monoisotopic (exact) mass is 431 g/mol. The van der Waals surface area contributed by atoms with Crippen molar-refractivity contribution in [3.8, 4) is 0 Å². The quantitative estimate of drug-likeness (QED) is 0.713. The molecule has 9 heteroatoms. The number of anilines is 1. The average molecular weight is 432 g/mol. The van der Waals surface area contributed by atoms with E-state index in [0.717, 1.165) is 31.5 Å². The van der Waals surface area contributed by atoms with E-state index in [9.17, 15) is 13.2 Å². The fraction of sp³-hybridized carbons (Fsp3) is 0.632. The number of nitrogens with zero attached hydrogens (tertiary/aromatic N) is 1. The molecule has 28 heavy (non-hydrogen) atoms. The first-order valence-electron chi connectivity index (χ1n) is 9.36. The van der Waals surface area contributed by atoms with Gasteiger partial charge in [0.05, 0.1) is 18.6 Å². The molecule has 1 aromatic rings. The molecule has 0 radical (unpaired) electrons. The van der Waals surface area contributed by atoms with Crippen LogP contribution >= 0.6 is 12.4 Å². The summed E-state index contributed by atoms with van der Waals surface area (Å²) in [7, 11) is -1.63. The van der Waals surface area contributed by atoms with Crippen molar-refractivity contribution in [2.24, 2.45) is 5.41 Å². The highest BCUT2D eigenvalue weighted by atomic mass is 35.5. The van der Waals surface area contributed by atoms with Crippen molar-refractivity contribution in [1.29, 1.82) is 0 Å². The molecule has 2 heterocycles. The van der Waals surface area contributed by atoms with Crippen LogP contribution in [-0.2, 0) is 21.2 Å². The number of benzene rings is 1. The second kappa shape index (κ2) is 8.98. The topological polar surface area (TPSA) is 87.7 Å². The van der Waals surface area contributed by atoms with Crippen molar-refractivity contribution in [2.45, 2.75) is 32.2 Å². The van der Waals surface area contributed by atoms with E-state index in [0.29, 0.717) is 30.8 Å². The van der Waals surface area contributed by atoms with Crippen molar-refractivity contribution in [3.63, 3.8) is 0 Å². The number of hydrogen-bond donors (Lipinski definition) is 2. The summed E-state index contributed by atoms with van der Waals surface area (Å²) in [4.78, 5) is 12.7. The van der Waals surface area contributed by atoms with Crippen molar-refractivity contribution in [3.05, 3.63) is 29.3 Å². The van der Waals surface area contributed by atoms with E-state index in [-0.39, 0.29) is 29.8 Å². The molecule has 3 rings (SSSR count). The number of carbonyl (C=O) groups excluding carboxylic acids is 1. The fourth-order valence-electron chi connectivity index (χ4n) is 4.25. The van der Waals surface area contributed by atoms with Gasteiger partial charge < -0.3 is 15.4 Å². The minimum atomic E-state index is -3.32. The zero-order valence-corrected chi connectivity index (χ0v) is 18.3. The number of ether oxygens (including phenoxy) is 1. The van der Waals surface area contributed by atoms with Crippen molar-refractivity contribution in [1.82, 2.24) is 10.6 Å². The summed E-state index contributed by atoms with van der Waals surface area (Å²) in [6.45, 7) is 4.94. The number of fused-ring (bicyclic) bond motifs is 1. The number of amides is 1. The standard InChI is InChI=1S/C19H29N3O4S.ClH/c1-14-10-16-11-15(4-5-17(16)22(14)27(3,24)25)18(23)21-12-19(13-26-2)6-8-20-9-7-19;/h4-5,11,14,20H,6-10,12-13H2,1-3H3,(H,21,23);1H. The summed E-state index contributed by atoms with van der Waals surface area (Å²) in [5.74, 6) is -0.128. The highest BCUT2D eigenvalue weighted by Crippen LogP contribution is 2.35. The minimum Gasteiger partial charge on any atom is -0.384 e. The summed E-state index contributed by atoms with van der Waals surface area (Å²) in [5, 5.41) is 6.40. The first-order chi connectivity index (χ1) is 12.8. The number of rotatable bonds is 6. The molecule has 0 aliphatic carbocycles. The molecule has 2 N–H and O–H groups in total. The molecule has 1 fully saturated rings.